The Morgan fingerprint density at radius 2 is 2.32 bits per heavy atom. The van der Waals surface area contributed by atoms with Gasteiger partial charge in [0.25, 0.3) is 5.91 Å². The van der Waals surface area contributed by atoms with E-state index in [1.165, 1.54) is 0 Å². The van der Waals surface area contributed by atoms with Gasteiger partial charge in [0, 0.05) is 18.5 Å². The first-order chi connectivity index (χ1) is 9.29. The summed E-state index contributed by atoms with van der Waals surface area (Å²) >= 11 is 0. The highest BCUT2D eigenvalue weighted by Gasteiger charge is 2.28. The fraction of sp³-hybridized carbons (Fsp3) is 0.467. The number of hydrogen-bond acceptors (Lipinski definition) is 3. The van der Waals surface area contributed by atoms with Crippen molar-refractivity contribution >= 4 is 5.91 Å². The van der Waals surface area contributed by atoms with Crippen molar-refractivity contribution in [1.82, 2.24) is 4.90 Å². The fourth-order valence-corrected chi connectivity index (χ4v) is 2.79. The van der Waals surface area contributed by atoms with E-state index in [0.717, 1.165) is 37.0 Å². The molecule has 2 aliphatic heterocycles. The van der Waals surface area contributed by atoms with Crippen LogP contribution in [0, 0.1) is 11.3 Å². The molecular formula is C15H16N2O2. The fourth-order valence-electron chi connectivity index (χ4n) is 2.79. The van der Waals surface area contributed by atoms with Crippen molar-refractivity contribution in [2.45, 2.75) is 31.7 Å². The molecule has 0 spiro atoms. The molecule has 2 heterocycles. The van der Waals surface area contributed by atoms with Crippen LogP contribution in [-0.2, 0) is 6.42 Å². The van der Waals surface area contributed by atoms with Gasteiger partial charge in [0.05, 0.1) is 12.7 Å². The lowest BCUT2D eigenvalue weighted by molar-refractivity contribution is 0.0670. The molecular weight excluding hydrogens is 240 g/mol. The van der Waals surface area contributed by atoms with Crippen LogP contribution in [0.25, 0.3) is 0 Å². The van der Waals surface area contributed by atoms with Crippen LogP contribution in [-0.4, -0.2) is 30.0 Å². The highest BCUT2D eigenvalue weighted by Crippen LogP contribution is 2.27. The molecule has 0 saturated carbocycles. The van der Waals surface area contributed by atoms with E-state index in [4.69, 9.17) is 10.00 Å². The minimum atomic E-state index is -0.272. The summed E-state index contributed by atoms with van der Waals surface area (Å²) in [6.07, 6.45) is 3.66. The minimum Gasteiger partial charge on any atom is -0.493 e. The van der Waals surface area contributed by atoms with Crippen molar-refractivity contribution in [3.05, 3.63) is 29.3 Å². The number of nitriles is 1. The molecule has 3 rings (SSSR count). The Balaban J connectivity index is 1.85. The van der Waals surface area contributed by atoms with E-state index in [1.54, 1.807) is 11.0 Å². The zero-order valence-electron chi connectivity index (χ0n) is 10.8. The Labute approximate surface area is 112 Å². The number of hydrogen-bond donors (Lipinski definition) is 0. The third-order valence-electron chi connectivity index (χ3n) is 3.85. The number of carbonyl (C=O) groups is 1. The molecule has 0 bridgehead atoms. The lowest BCUT2D eigenvalue weighted by Gasteiger charge is -2.31. The number of nitrogens with zero attached hydrogens (tertiary/aromatic N) is 2. The van der Waals surface area contributed by atoms with Gasteiger partial charge in [0.1, 0.15) is 11.8 Å². The van der Waals surface area contributed by atoms with Gasteiger partial charge in [0.2, 0.25) is 0 Å². The molecule has 0 aliphatic carbocycles. The highest BCUT2D eigenvalue weighted by atomic mass is 16.5. The molecule has 0 aromatic heterocycles. The zero-order valence-corrected chi connectivity index (χ0v) is 10.8. The summed E-state index contributed by atoms with van der Waals surface area (Å²) in [6, 6.07) is 7.54. The maximum Gasteiger partial charge on any atom is 0.254 e. The summed E-state index contributed by atoms with van der Waals surface area (Å²) in [5, 5.41) is 9.15. The Kier molecular flexibility index (Phi) is 3.12. The average Bonchev–Trinajstić information content (AvgIpc) is 2.93. The molecule has 0 N–H and O–H groups in total. The average molecular weight is 256 g/mol. The molecule has 4 heteroatoms. The van der Waals surface area contributed by atoms with E-state index in [1.807, 2.05) is 12.1 Å². The van der Waals surface area contributed by atoms with Crippen molar-refractivity contribution in [3.63, 3.8) is 0 Å². The van der Waals surface area contributed by atoms with Crippen LogP contribution < -0.4 is 4.74 Å². The predicted octanol–water partition coefficient (Wildman–Crippen LogP) is 2.14. The van der Waals surface area contributed by atoms with E-state index in [9.17, 15) is 4.79 Å². The molecule has 0 radical (unpaired) electrons. The van der Waals surface area contributed by atoms with Gasteiger partial charge in [-0.3, -0.25) is 4.79 Å². The summed E-state index contributed by atoms with van der Waals surface area (Å²) in [6.45, 7) is 1.38. The van der Waals surface area contributed by atoms with Crippen LogP contribution in [0.1, 0.15) is 35.2 Å². The number of carbonyl (C=O) groups excluding carboxylic acids is 1. The number of likely N-dealkylation sites (tertiary alicyclic amines) is 1. The normalized spacial score (nSPS) is 21.4. The van der Waals surface area contributed by atoms with Crippen molar-refractivity contribution in [1.29, 1.82) is 5.26 Å². The van der Waals surface area contributed by atoms with Gasteiger partial charge in [-0.15, -0.1) is 0 Å². The predicted molar refractivity (Wildman–Crippen MR) is 69.9 cm³/mol. The van der Waals surface area contributed by atoms with Crippen LogP contribution in [0.3, 0.4) is 0 Å². The van der Waals surface area contributed by atoms with Crippen LogP contribution in [0.2, 0.25) is 0 Å². The first-order valence-corrected chi connectivity index (χ1v) is 6.76. The zero-order chi connectivity index (χ0) is 13.2. The second-order valence-corrected chi connectivity index (χ2v) is 5.06. The number of amides is 1. The summed E-state index contributed by atoms with van der Waals surface area (Å²) in [4.78, 5) is 14.2. The van der Waals surface area contributed by atoms with Crippen molar-refractivity contribution in [3.8, 4) is 11.8 Å². The topological polar surface area (TPSA) is 53.3 Å². The molecule has 1 aromatic carbocycles. The maximum atomic E-state index is 12.5. The maximum absolute atomic E-state index is 12.5. The molecule has 1 amide bonds. The van der Waals surface area contributed by atoms with E-state index in [-0.39, 0.29) is 11.9 Å². The minimum absolute atomic E-state index is 0.0269. The van der Waals surface area contributed by atoms with Crippen LogP contribution >= 0.6 is 0 Å². The van der Waals surface area contributed by atoms with Crippen LogP contribution in [0.4, 0.5) is 0 Å². The molecule has 19 heavy (non-hydrogen) atoms. The van der Waals surface area contributed by atoms with E-state index < -0.39 is 0 Å². The SMILES string of the molecule is N#CC1CCCCN1C(=O)c1ccc2c(c1)CCO2. The van der Waals surface area contributed by atoms with E-state index in [0.29, 0.717) is 18.7 Å². The van der Waals surface area contributed by atoms with Crippen molar-refractivity contribution in [2.24, 2.45) is 0 Å². The van der Waals surface area contributed by atoms with Crippen molar-refractivity contribution in [2.75, 3.05) is 13.2 Å². The Bertz CT molecular complexity index is 548. The quantitative estimate of drug-likeness (QED) is 0.773. The second kappa shape index (κ2) is 4.93. The second-order valence-electron chi connectivity index (χ2n) is 5.06. The number of piperidine rings is 1. The van der Waals surface area contributed by atoms with Gasteiger partial charge in [-0.1, -0.05) is 0 Å². The third-order valence-corrected chi connectivity index (χ3v) is 3.85. The van der Waals surface area contributed by atoms with Gasteiger partial charge >= 0.3 is 0 Å². The summed E-state index contributed by atoms with van der Waals surface area (Å²) in [5.74, 6) is 0.855. The smallest absolute Gasteiger partial charge is 0.254 e. The molecule has 4 nitrogen and oxygen atoms in total. The Morgan fingerprint density at radius 1 is 1.42 bits per heavy atom. The van der Waals surface area contributed by atoms with Gasteiger partial charge in [0.15, 0.2) is 0 Å². The van der Waals surface area contributed by atoms with E-state index in [2.05, 4.69) is 6.07 Å². The lowest BCUT2D eigenvalue weighted by Crippen LogP contribution is -2.42. The Hall–Kier alpha value is -2.02. The third kappa shape index (κ3) is 2.17. The van der Waals surface area contributed by atoms with Gasteiger partial charge in [-0.05, 0) is 43.0 Å². The largest absolute Gasteiger partial charge is 0.493 e. The molecule has 98 valence electrons. The monoisotopic (exact) mass is 256 g/mol. The van der Waals surface area contributed by atoms with Gasteiger partial charge in [-0.25, -0.2) is 0 Å². The molecule has 1 fully saturated rings. The molecule has 1 saturated heterocycles. The van der Waals surface area contributed by atoms with E-state index >= 15 is 0 Å². The summed E-state index contributed by atoms with van der Waals surface area (Å²) in [5.41, 5.74) is 1.77. The summed E-state index contributed by atoms with van der Waals surface area (Å²) in [7, 11) is 0. The molecule has 2 aliphatic rings. The highest BCUT2D eigenvalue weighted by molar-refractivity contribution is 5.95. The molecule has 1 aromatic rings. The molecule has 1 atom stereocenters. The first-order valence-electron chi connectivity index (χ1n) is 6.76. The van der Waals surface area contributed by atoms with Crippen molar-refractivity contribution < 1.29 is 9.53 Å². The molecule has 1 unspecified atom stereocenters. The van der Waals surface area contributed by atoms with Gasteiger partial charge in [-0.2, -0.15) is 5.26 Å². The standard InChI is InChI=1S/C15H16N2O2/c16-10-13-3-1-2-7-17(13)15(18)12-4-5-14-11(9-12)6-8-19-14/h4-5,9,13H,1-3,6-8H2. The van der Waals surface area contributed by atoms with Crippen LogP contribution in [0.5, 0.6) is 5.75 Å². The summed E-state index contributed by atoms with van der Waals surface area (Å²) < 4.78 is 5.44. The number of benzene rings is 1. The van der Waals surface area contributed by atoms with Crippen LogP contribution in [0.15, 0.2) is 18.2 Å². The number of fused-ring (bicyclic) bond motifs is 1. The number of ether oxygens (including phenoxy) is 1. The Morgan fingerprint density at radius 3 is 3.16 bits per heavy atom. The number of rotatable bonds is 1. The first kappa shape index (κ1) is 12.0. The van der Waals surface area contributed by atoms with Gasteiger partial charge < -0.3 is 9.64 Å². The lowest BCUT2D eigenvalue weighted by atomic mass is 10.0.